The molecule has 0 aliphatic carbocycles. The van der Waals surface area contributed by atoms with E-state index < -0.39 is 5.97 Å². The lowest BCUT2D eigenvalue weighted by atomic mass is 10.2. The highest BCUT2D eigenvalue weighted by Crippen LogP contribution is 2.22. The van der Waals surface area contributed by atoms with Crippen LogP contribution >= 0.6 is 0 Å². The van der Waals surface area contributed by atoms with Gasteiger partial charge in [0.25, 0.3) is 0 Å². The Morgan fingerprint density at radius 1 is 1.60 bits per heavy atom. The highest BCUT2D eigenvalue weighted by Gasteiger charge is 2.09. The van der Waals surface area contributed by atoms with Crippen LogP contribution in [0.4, 0.5) is 5.69 Å². The lowest BCUT2D eigenvalue weighted by Gasteiger charge is -2.06. The number of nitrogens with two attached hydrogens (primary N) is 1. The second-order valence-electron chi connectivity index (χ2n) is 2.69. The van der Waals surface area contributed by atoms with Gasteiger partial charge in [0, 0.05) is 0 Å². The molecule has 0 fully saturated rings. The van der Waals surface area contributed by atoms with E-state index in [4.69, 9.17) is 15.7 Å². The van der Waals surface area contributed by atoms with Gasteiger partial charge in [0.15, 0.2) is 6.61 Å². The number of benzene rings is 1. The van der Waals surface area contributed by atoms with Crippen LogP contribution in [0.25, 0.3) is 0 Å². The number of nitrogen functional groups attached to an aromatic ring is 1. The van der Waals surface area contributed by atoms with Crippen molar-refractivity contribution in [2.45, 2.75) is 0 Å². The zero-order chi connectivity index (χ0) is 11.3. The second-order valence-corrected chi connectivity index (χ2v) is 2.69. The number of esters is 1. The van der Waals surface area contributed by atoms with Gasteiger partial charge in [0.2, 0.25) is 0 Å². The van der Waals surface area contributed by atoms with Crippen molar-refractivity contribution in [1.29, 1.82) is 5.26 Å². The van der Waals surface area contributed by atoms with Gasteiger partial charge < -0.3 is 15.2 Å². The van der Waals surface area contributed by atoms with E-state index in [9.17, 15) is 4.79 Å². The van der Waals surface area contributed by atoms with Crippen LogP contribution in [0, 0.1) is 11.3 Å². The van der Waals surface area contributed by atoms with Crippen LogP contribution in [-0.2, 0) is 4.74 Å². The Kier molecular flexibility index (Phi) is 3.52. The summed E-state index contributed by atoms with van der Waals surface area (Å²) >= 11 is 0. The van der Waals surface area contributed by atoms with E-state index in [1.807, 2.05) is 0 Å². The Bertz CT molecular complexity index is 410. The standard InChI is InChI=1S/C10H10N2O3/c1-14-9-6-7(2-3-8(9)12)10(13)15-5-4-11/h2-3,6H,5,12H2,1H3. The molecule has 0 atom stereocenters. The fourth-order valence-corrected chi connectivity index (χ4v) is 1.02. The fraction of sp³-hybridized carbons (Fsp3) is 0.200. The molecule has 0 saturated heterocycles. The molecule has 0 aliphatic heterocycles. The van der Waals surface area contributed by atoms with Crippen LogP contribution in [0.3, 0.4) is 0 Å². The van der Waals surface area contributed by atoms with Crippen LogP contribution in [-0.4, -0.2) is 19.7 Å². The maximum absolute atomic E-state index is 11.3. The van der Waals surface area contributed by atoms with Crippen molar-refractivity contribution in [1.82, 2.24) is 0 Å². The average molecular weight is 206 g/mol. The predicted octanol–water partition coefficient (Wildman–Crippen LogP) is 0.958. The molecule has 0 heterocycles. The molecule has 0 saturated carbocycles. The number of rotatable bonds is 3. The van der Waals surface area contributed by atoms with Gasteiger partial charge >= 0.3 is 5.97 Å². The van der Waals surface area contributed by atoms with Gasteiger partial charge in [-0.25, -0.2) is 4.79 Å². The van der Waals surface area contributed by atoms with Gasteiger partial charge in [0.1, 0.15) is 11.8 Å². The number of anilines is 1. The molecule has 1 aromatic rings. The molecule has 0 spiro atoms. The number of hydrogen-bond donors (Lipinski definition) is 1. The number of hydrogen-bond acceptors (Lipinski definition) is 5. The van der Waals surface area contributed by atoms with Gasteiger partial charge in [-0.15, -0.1) is 0 Å². The molecule has 0 radical (unpaired) electrons. The van der Waals surface area contributed by atoms with Crippen LogP contribution in [0.1, 0.15) is 10.4 Å². The van der Waals surface area contributed by atoms with Crippen LogP contribution in [0.5, 0.6) is 5.75 Å². The molecule has 1 rings (SSSR count). The van der Waals surface area contributed by atoms with Crippen LogP contribution in [0.2, 0.25) is 0 Å². The van der Waals surface area contributed by atoms with Crippen molar-refractivity contribution in [2.24, 2.45) is 0 Å². The zero-order valence-electron chi connectivity index (χ0n) is 8.19. The lowest BCUT2D eigenvalue weighted by molar-refractivity contribution is 0.0554. The van der Waals surface area contributed by atoms with Gasteiger partial charge in [0.05, 0.1) is 18.4 Å². The topological polar surface area (TPSA) is 85.3 Å². The summed E-state index contributed by atoms with van der Waals surface area (Å²) in [4.78, 5) is 11.3. The maximum Gasteiger partial charge on any atom is 0.339 e. The molecule has 5 nitrogen and oxygen atoms in total. The molecule has 2 N–H and O–H groups in total. The molecular weight excluding hydrogens is 196 g/mol. The van der Waals surface area contributed by atoms with Crippen molar-refractivity contribution < 1.29 is 14.3 Å². The van der Waals surface area contributed by atoms with E-state index >= 15 is 0 Å². The minimum Gasteiger partial charge on any atom is -0.495 e. The second kappa shape index (κ2) is 4.86. The molecule has 78 valence electrons. The lowest BCUT2D eigenvalue weighted by Crippen LogP contribution is -2.06. The Labute approximate surface area is 87.0 Å². The number of carbonyl (C=O) groups is 1. The monoisotopic (exact) mass is 206 g/mol. The van der Waals surface area contributed by atoms with E-state index in [0.717, 1.165) is 0 Å². The molecule has 0 amide bonds. The molecule has 1 aromatic carbocycles. The Morgan fingerprint density at radius 3 is 2.93 bits per heavy atom. The summed E-state index contributed by atoms with van der Waals surface area (Å²) in [7, 11) is 1.45. The van der Waals surface area contributed by atoms with Crippen molar-refractivity contribution in [2.75, 3.05) is 19.5 Å². The Morgan fingerprint density at radius 2 is 2.33 bits per heavy atom. The number of nitriles is 1. The summed E-state index contributed by atoms with van der Waals surface area (Å²) in [6.45, 7) is -0.272. The van der Waals surface area contributed by atoms with E-state index in [1.165, 1.54) is 19.2 Å². The molecule has 0 aliphatic rings. The van der Waals surface area contributed by atoms with E-state index in [2.05, 4.69) is 4.74 Å². The van der Waals surface area contributed by atoms with Gasteiger partial charge in [-0.2, -0.15) is 5.26 Å². The summed E-state index contributed by atoms with van der Waals surface area (Å²) in [5.41, 5.74) is 6.31. The molecule has 15 heavy (non-hydrogen) atoms. The van der Waals surface area contributed by atoms with Crippen molar-refractivity contribution >= 4 is 11.7 Å². The fourth-order valence-electron chi connectivity index (χ4n) is 1.02. The first-order valence-electron chi connectivity index (χ1n) is 4.16. The summed E-state index contributed by atoms with van der Waals surface area (Å²) in [5.74, 6) is -0.170. The first-order chi connectivity index (χ1) is 7.19. The maximum atomic E-state index is 11.3. The van der Waals surface area contributed by atoms with Crippen LogP contribution < -0.4 is 10.5 Å². The highest BCUT2D eigenvalue weighted by atomic mass is 16.5. The van der Waals surface area contributed by atoms with E-state index in [0.29, 0.717) is 17.0 Å². The predicted molar refractivity (Wildman–Crippen MR) is 53.3 cm³/mol. The summed E-state index contributed by atoms with van der Waals surface area (Å²) in [6, 6.07) is 6.23. The van der Waals surface area contributed by atoms with Gasteiger partial charge in [-0.05, 0) is 18.2 Å². The summed E-state index contributed by atoms with van der Waals surface area (Å²) < 4.78 is 9.56. The highest BCUT2D eigenvalue weighted by molar-refractivity contribution is 5.90. The minimum absolute atomic E-state index is 0.272. The molecule has 0 bridgehead atoms. The van der Waals surface area contributed by atoms with Crippen molar-refractivity contribution in [3.05, 3.63) is 23.8 Å². The number of carbonyl (C=O) groups excluding carboxylic acids is 1. The SMILES string of the molecule is COc1cc(C(=O)OCC#N)ccc1N. The Balaban J connectivity index is 2.87. The zero-order valence-corrected chi connectivity index (χ0v) is 8.19. The third kappa shape index (κ3) is 2.61. The number of methoxy groups -OCH3 is 1. The smallest absolute Gasteiger partial charge is 0.339 e. The van der Waals surface area contributed by atoms with Gasteiger partial charge in [-0.3, -0.25) is 0 Å². The summed E-state index contributed by atoms with van der Waals surface area (Å²) in [5, 5.41) is 8.24. The van der Waals surface area contributed by atoms with Gasteiger partial charge in [-0.1, -0.05) is 0 Å². The largest absolute Gasteiger partial charge is 0.495 e. The quantitative estimate of drug-likeness (QED) is 0.588. The summed E-state index contributed by atoms with van der Waals surface area (Å²) in [6.07, 6.45) is 0. The van der Waals surface area contributed by atoms with Crippen LogP contribution in [0.15, 0.2) is 18.2 Å². The minimum atomic E-state index is -0.574. The third-order valence-electron chi connectivity index (χ3n) is 1.74. The van der Waals surface area contributed by atoms with E-state index in [-0.39, 0.29) is 6.61 Å². The number of nitrogens with zero attached hydrogens (tertiary/aromatic N) is 1. The molecule has 0 aromatic heterocycles. The Hall–Kier alpha value is -2.22. The first-order valence-corrected chi connectivity index (χ1v) is 4.16. The average Bonchev–Trinajstić information content (AvgIpc) is 2.26. The molecule has 5 heteroatoms. The van der Waals surface area contributed by atoms with Crippen molar-refractivity contribution in [3.63, 3.8) is 0 Å². The van der Waals surface area contributed by atoms with Crippen molar-refractivity contribution in [3.8, 4) is 11.8 Å². The van der Waals surface area contributed by atoms with E-state index in [1.54, 1.807) is 12.1 Å². The first kappa shape index (κ1) is 10.9. The molecular formula is C10H10N2O3. The third-order valence-corrected chi connectivity index (χ3v) is 1.74. The number of ether oxygens (including phenoxy) is 2. The normalized spacial score (nSPS) is 9.07. The molecule has 0 unspecified atom stereocenters.